The van der Waals surface area contributed by atoms with Crippen molar-refractivity contribution in [3.8, 4) is 0 Å². The minimum atomic E-state index is -1.42. The summed E-state index contributed by atoms with van der Waals surface area (Å²) in [5.41, 5.74) is 0. The molecule has 0 spiro atoms. The van der Waals surface area contributed by atoms with Crippen molar-refractivity contribution in [2.24, 2.45) is 0 Å². The summed E-state index contributed by atoms with van der Waals surface area (Å²) in [7, 11) is 0. The third-order valence-corrected chi connectivity index (χ3v) is 2.14. The van der Waals surface area contributed by atoms with Gasteiger partial charge < -0.3 is 29.5 Å². The maximum atomic E-state index is 10.8. The fraction of sp³-hybridized carbons (Fsp3) is 0.786. The Morgan fingerprint density at radius 2 is 1.26 bits per heavy atom. The van der Waals surface area contributed by atoms with Crippen LogP contribution in [0.2, 0.25) is 0 Å². The number of rotatable bonds is 9. The lowest BCUT2D eigenvalue weighted by molar-refractivity contribution is -0.159. The number of aliphatic hydroxyl groups is 3. The van der Waals surface area contributed by atoms with Crippen LogP contribution in [0, 0.1) is 0 Å². The molecule has 0 aliphatic heterocycles. The molecule has 3 N–H and O–H groups in total. The number of carbonyl (C=O) groups excluding carboxylic acids is 3. The first kappa shape index (κ1) is 23.6. The monoisotopic (exact) mass is 338 g/mol. The van der Waals surface area contributed by atoms with E-state index in [1.807, 2.05) is 0 Å². The van der Waals surface area contributed by atoms with Gasteiger partial charge in [-0.2, -0.15) is 0 Å². The van der Waals surface area contributed by atoms with Crippen LogP contribution in [0.1, 0.15) is 33.6 Å². The largest absolute Gasteiger partial charge is 0.466 e. The lowest BCUT2D eigenvalue weighted by atomic mass is 10.2. The van der Waals surface area contributed by atoms with E-state index in [9.17, 15) is 14.4 Å². The van der Waals surface area contributed by atoms with Gasteiger partial charge in [0.15, 0.2) is 6.10 Å². The molecular weight excluding hydrogens is 312 g/mol. The van der Waals surface area contributed by atoms with E-state index < -0.39 is 36.7 Å². The molecule has 0 unspecified atom stereocenters. The van der Waals surface area contributed by atoms with Crippen LogP contribution >= 0.6 is 0 Å². The molecule has 0 saturated heterocycles. The summed E-state index contributed by atoms with van der Waals surface area (Å²) in [6.07, 6.45) is -2.89. The molecule has 0 bridgehead atoms. The van der Waals surface area contributed by atoms with Crippen LogP contribution in [0.5, 0.6) is 0 Å². The molecule has 23 heavy (non-hydrogen) atoms. The summed E-state index contributed by atoms with van der Waals surface area (Å²) in [6, 6.07) is 0. The van der Waals surface area contributed by atoms with Gasteiger partial charge in [0.05, 0.1) is 45.4 Å². The topological polar surface area (TPSA) is 140 Å². The summed E-state index contributed by atoms with van der Waals surface area (Å²) >= 11 is 0. The standard InChI is InChI=1S/C8H14O5.C6H12O4/c1-3-12-7(10)5-6(9)8(11)13-4-2;1-2-10-6(9)3-5(8)4-7/h6,9H,3-5H2,1-2H3;5,7-8H,2-4H2,1H3/t6-;5-/m00/s1. The molecule has 0 aliphatic carbocycles. The van der Waals surface area contributed by atoms with Crippen molar-refractivity contribution in [1.82, 2.24) is 0 Å². The Hall–Kier alpha value is -1.71. The Morgan fingerprint density at radius 3 is 1.65 bits per heavy atom. The van der Waals surface area contributed by atoms with Crippen molar-refractivity contribution in [2.45, 2.75) is 45.8 Å². The summed E-state index contributed by atoms with van der Waals surface area (Å²) in [5.74, 6) is -1.89. The first-order valence-electron chi connectivity index (χ1n) is 7.27. The Kier molecular flexibility index (Phi) is 15.6. The van der Waals surface area contributed by atoms with E-state index >= 15 is 0 Å². The van der Waals surface area contributed by atoms with Gasteiger partial charge in [0.2, 0.25) is 0 Å². The van der Waals surface area contributed by atoms with Crippen molar-refractivity contribution in [1.29, 1.82) is 0 Å². The van der Waals surface area contributed by atoms with Crippen LogP contribution in [0.4, 0.5) is 0 Å². The van der Waals surface area contributed by atoms with Crippen LogP contribution in [-0.4, -0.2) is 71.9 Å². The van der Waals surface area contributed by atoms with Gasteiger partial charge in [0.1, 0.15) is 0 Å². The van der Waals surface area contributed by atoms with E-state index in [-0.39, 0.29) is 26.1 Å². The van der Waals surface area contributed by atoms with E-state index in [2.05, 4.69) is 14.2 Å². The number of esters is 3. The van der Waals surface area contributed by atoms with Gasteiger partial charge in [-0.05, 0) is 20.8 Å². The molecule has 0 amide bonds. The molecule has 0 aromatic rings. The van der Waals surface area contributed by atoms with Crippen LogP contribution in [0.15, 0.2) is 0 Å². The Balaban J connectivity index is 0. The second-order valence-corrected chi connectivity index (χ2v) is 4.12. The Labute approximate surface area is 135 Å². The number of aliphatic hydroxyl groups excluding tert-OH is 3. The zero-order valence-corrected chi connectivity index (χ0v) is 13.7. The van der Waals surface area contributed by atoms with Gasteiger partial charge in [0.25, 0.3) is 0 Å². The van der Waals surface area contributed by atoms with Gasteiger partial charge in [-0.25, -0.2) is 4.79 Å². The molecule has 0 aromatic carbocycles. The molecule has 0 radical (unpaired) electrons. The Morgan fingerprint density at radius 1 is 0.826 bits per heavy atom. The molecule has 2 atom stereocenters. The van der Waals surface area contributed by atoms with E-state index in [0.29, 0.717) is 6.61 Å². The van der Waals surface area contributed by atoms with Crippen molar-refractivity contribution in [3.63, 3.8) is 0 Å². The highest BCUT2D eigenvalue weighted by molar-refractivity contribution is 5.81. The van der Waals surface area contributed by atoms with Gasteiger partial charge in [-0.1, -0.05) is 0 Å². The lowest BCUT2D eigenvalue weighted by Gasteiger charge is -2.08. The summed E-state index contributed by atoms with van der Waals surface area (Å²) < 4.78 is 13.5. The van der Waals surface area contributed by atoms with Crippen LogP contribution in [0.3, 0.4) is 0 Å². The van der Waals surface area contributed by atoms with Crippen LogP contribution in [0.25, 0.3) is 0 Å². The van der Waals surface area contributed by atoms with Gasteiger partial charge in [-0.15, -0.1) is 0 Å². The fourth-order valence-corrected chi connectivity index (χ4v) is 1.18. The van der Waals surface area contributed by atoms with Gasteiger partial charge >= 0.3 is 17.9 Å². The third-order valence-electron chi connectivity index (χ3n) is 2.14. The summed E-state index contributed by atoms with van der Waals surface area (Å²) in [5, 5.41) is 26.1. The van der Waals surface area contributed by atoms with Gasteiger partial charge in [0, 0.05) is 0 Å². The molecule has 9 heteroatoms. The van der Waals surface area contributed by atoms with E-state index in [1.54, 1.807) is 20.8 Å². The molecule has 0 rings (SSSR count). The first-order valence-corrected chi connectivity index (χ1v) is 7.27. The maximum Gasteiger partial charge on any atom is 0.335 e. The third kappa shape index (κ3) is 15.0. The molecule has 136 valence electrons. The molecule has 0 aliphatic rings. The normalized spacial score (nSPS) is 12.3. The molecule has 0 saturated carbocycles. The van der Waals surface area contributed by atoms with Crippen molar-refractivity contribution >= 4 is 17.9 Å². The van der Waals surface area contributed by atoms with E-state index in [1.165, 1.54) is 0 Å². The predicted molar refractivity (Wildman–Crippen MR) is 78.2 cm³/mol. The number of hydrogen-bond donors (Lipinski definition) is 3. The van der Waals surface area contributed by atoms with Crippen molar-refractivity contribution in [3.05, 3.63) is 0 Å². The molecule has 9 nitrogen and oxygen atoms in total. The number of hydrogen-bond acceptors (Lipinski definition) is 9. The SMILES string of the molecule is CCOC(=O)C[C@H](O)C(=O)OCC.CCOC(=O)C[C@H](O)CO. The highest BCUT2D eigenvalue weighted by Crippen LogP contribution is 1.97. The second kappa shape index (κ2) is 15.2. The number of ether oxygens (including phenoxy) is 3. The van der Waals surface area contributed by atoms with Crippen LogP contribution < -0.4 is 0 Å². The summed E-state index contributed by atoms with van der Waals surface area (Å²) in [6.45, 7) is 5.26. The zero-order valence-electron chi connectivity index (χ0n) is 13.7. The Bertz CT molecular complexity index is 343. The molecule has 0 aromatic heterocycles. The van der Waals surface area contributed by atoms with Crippen molar-refractivity contribution in [2.75, 3.05) is 26.4 Å². The van der Waals surface area contributed by atoms with E-state index in [4.69, 9.17) is 15.3 Å². The fourth-order valence-electron chi connectivity index (χ4n) is 1.18. The average molecular weight is 338 g/mol. The predicted octanol–water partition coefficient (Wildman–Crippen LogP) is -0.844. The quantitative estimate of drug-likeness (QED) is 0.362. The van der Waals surface area contributed by atoms with E-state index in [0.717, 1.165) is 0 Å². The molecular formula is C14H26O9. The zero-order chi connectivity index (χ0) is 18.3. The minimum absolute atomic E-state index is 0.135. The maximum absolute atomic E-state index is 10.8. The first-order chi connectivity index (χ1) is 10.8. The molecule has 0 fully saturated rings. The highest BCUT2D eigenvalue weighted by atomic mass is 16.6. The number of carbonyl (C=O) groups is 3. The summed E-state index contributed by atoms with van der Waals surface area (Å²) in [4.78, 5) is 32.1. The van der Waals surface area contributed by atoms with Crippen LogP contribution in [-0.2, 0) is 28.6 Å². The van der Waals surface area contributed by atoms with Gasteiger partial charge in [-0.3, -0.25) is 9.59 Å². The van der Waals surface area contributed by atoms with Crippen molar-refractivity contribution < 1.29 is 43.9 Å². The molecule has 0 heterocycles. The smallest absolute Gasteiger partial charge is 0.335 e. The lowest BCUT2D eigenvalue weighted by Crippen LogP contribution is -2.26. The highest BCUT2D eigenvalue weighted by Gasteiger charge is 2.20. The second-order valence-electron chi connectivity index (χ2n) is 4.12. The minimum Gasteiger partial charge on any atom is -0.466 e. The average Bonchev–Trinajstić information content (AvgIpc) is 2.48.